The third-order valence-electron chi connectivity index (χ3n) is 5.54. The molecule has 11 heteroatoms. The molecule has 8 nitrogen and oxygen atoms in total. The van der Waals surface area contributed by atoms with Crippen molar-refractivity contribution >= 4 is 67.8 Å². The maximum Gasteiger partial charge on any atom is 0.269 e. The van der Waals surface area contributed by atoms with Crippen molar-refractivity contribution in [2.75, 3.05) is 13.7 Å². The molecular formula is C28H25BrClN3O5S. The highest BCUT2D eigenvalue weighted by Crippen LogP contribution is 2.40. The van der Waals surface area contributed by atoms with Crippen LogP contribution in [0.15, 0.2) is 75.0 Å². The molecule has 0 atom stereocenters. The first kappa shape index (κ1) is 28.7. The number of hydrogen-bond donors (Lipinski definition) is 0. The van der Waals surface area contributed by atoms with Gasteiger partial charge in [0.05, 0.1) is 27.1 Å². The molecule has 1 fully saturated rings. The van der Waals surface area contributed by atoms with Crippen molar-refractivity contribution in [3.05, 3.63) is 96.3 Å². The summed E-state index contributed by atoms with van der Waals surface area (Å²) >= 11 is 10.9. The Balaban J connectivity index is 1.60. The molecule has 0 aliphatic carbocycles. The first-order chi connectivity index (χ1) is 18.6. The quantitative estimate of drug-likeness (QED) is 0.136. The summed E-state index contributed by atoms with van der Waals surface area (Å²) in [5.41, 5.74) is 2.08. The normalized spacial score (nSPS) is 15.4. The van der Waals surface area contributed by atoms with Gasteiger partial charge in [-0.05, 0) is 87.2 Å². The summed E-state index contributed by atoms with van der Waals surface area (Å²) in [6.07, 6.45) is 1.79. The van der Waals surface area contributed by atoms with Crippen LogP contribution in [-0.2, 0) is 11.4 Å². The van der Waals surface area contributed by atoms with Crippen LogP contribution < -0.4 is 9.47 Å². The maximum absolute atomic E-state index is 13.4. The molecule has 39 heavy (non-hydrogen) atoms. The van der Waals surface area contributed by atoms with E-state index in [0.717, 1.165) is 5.56 Å². The molecule has 1 heterocycles. The molecule has 0 bridgehead atoms. The number of aliphatic imine (C=N–C) groups is 1. The largest absolute Gasteiger partial charge is 0.493 e. The monoisotopic (exact) mass is 629 g/mol. The predicted octanol–water partition coefficient (Wildman–Crippen LogP) is 7.86. The molecule has 202 valence electrons. The average molecular weight is 631 g/mol. The summed E-state index contributed by atoms with van der Waals surface area (Å²) in [4.78, 5) is 30.9. The maximum atomic E-state index is 13.4. The number of rotatable bonds is 9. The minimum atomic E-state index is -0.446. The molecule has 0 spiro atoms. The lowest BCUT2D eigenvalue weighted by atomic mass is 10.1. The van der Waals surface area contributed by atoms with Gasteiger partial charge in [-0.1, -0.05) is 37.6 Å². The number of amides is 1. The molecule has 0 N–H and O–H groups in total. The van der Waals surface area contributed by atoms with E-state index < -0.39 is 4.92 Å². The summed E-state index contributed by atoms with van der Waals surface area (Å²) in [6, 6.07) is 17.0. The Labute approximate surface area is 243 Å². The van der Waals surface area contributed by atoms with E-state index in [-0.39, 0.29) is 24.1 Å². The van der Waals surface area contributed by atoms with E-state index in [0.29, 0.717) is 48.9 Å². The van der Waals surface area contributed by atoms with Crippen LogP contribution in [-0.4, -0.2) is 34.6 Å². The second kappa shape index (κ2) is 12.7. The van der Waals surface area contributed by atoms with E-state index in [1.54, 1.807) is 41.3 Å². The summed E-state index contributed by atoms with van der Waals surface area (Å²) < 4.78 is 12.1. The van der Waals surface area contributed by atoms with Gasteiger partial charge in [0.2, 0.25) is 0 Å². The SMILES string of the molecule is COc1cc(/C=C2\SC(=Nc3ccc(Cl)cc3)N(CC(C)C)C2=O)cc(Br)c1OCc1cccc([N+](=O)[O-])c1. The summed E-state index contributed by atoms with van der Waals surface area (Å²) in [5, 5.41) is 12.3. The van der Waals surface area contributed by atoms with Gasteiger partial charge in [-0.2, -0.15) is 0 Å². The molecule has 0 unspecified atom stereocenters. The molecule has 4 rings (SSSR count). The van der Waals surface area contributed by atoms with Crippen LogP contribution in [0.5, 0.6) is 11.5 Å². The van der Waals surface area contributed by atoms with E-state index in [9.17, 15) is 14.9 Å². The number of nitro groups is 1. The van der Waals surface area contributed by atoms with Gasteiger partial charge in [-0.3, -0.25) is 19.8 Å². The molecule has 0 saturated carbocycles. The number of benzene rings is 3. The second-order valence-electron chi connectivity index (χ2n) is 9.04. The zero-order valence-corrected chi connectivity index (χ0v) is 24.5. The van der Waals surface area contributed by atoms with E-state index >= 15 is 0 Å². The van der Waals surface area contributed by atoms with Gasteiger partial charge in [0.15, 0.2) is 16.7 Å². The number of methoxy groups -OCH3 is 1. The van der Waals surface area contributed by atoms with Crippen LogP contribution in [0.3, 0.4) is 0 Å². The van der Waals surface area contributed by atoms with E-state index in [4.69, 9.17) is 26.1 Å². The van der Waals surface area contributed by atoms with Crippen molar-refractivity contribution in [2.45, 2.75) is 20.5 Å². The number of ether oxygens (including phenoxy) is 2. The fourth-order valence-electron chi connectivity index (χ4n) is 3.77. The van der Waals surface area contributed by atoms with Crippen molar-refractivity contribution in [3.8, 4) is 11.5 Å². The molecule has 3 aromatic rings. The lowest BCUT2D eigenvalue weighted by Crippen LogP contribution is -2.32. The molecule has 1 saturated heterocycles. The topological polar surface area (TPSA) is 94.3 Å². The summed E-state index contributed by atoms with van der Waals surface area (Å²) in [7, 11) is 1.52. The van der Waals surface area contributed by atoms with E-state index in [1.165, 1.54) is 31.0 Å². The van der Waals surface area contributed by atoms with Crippen LogP contribution in [0, 0.1) is 16.0 Å². The van der Waals surface area contributed by atoms with Crippen molar-refractivity contribution in [3.63, 3.8) is 0 Å². The predicted molar refractivity (Wildman–Crippen MR) is 159 cm³/mol. The van der Waals surface area contributed by atoms with Gasteiger partial charge in [-0.15, -0.1) is 0 Å². The number of thioether (sulfide) groups is 1. The Morgan fingerprint density at radius 1 is 1.18 bits per heavy atom. The van der Waals surface area contributed by atoms with Gasteiger partial charge in [0, 0.05) is 23.7 Å². The molecule has 3 aromatic carbocycles. The van der Waals surface area contributed by atoms with E-state index in [1.807, 2.05) is 32.0 Å². The van der Waals surface area contributed by atoms with Gasteiger partial charge < -0.3 is 9.47 Å². The van der Waals surface area contributed by atoms with Crippen LogP contribution in [0.2, 0.25) is 5.02 Å². The third-order valence-corrected chi connectivity index (χ3v) is 7.39. The van der Waals surface area contributed by atoms with Gasteiger partial charge in [-0.25, -0.2) is 4.99 Å². The Kier molecular flexibility index (Phi) is 9.32. The molecular weight excluding hydrogens is 606 g/mol. The molecule has 1 aliphatic heterocycles. The highest BCUT2D eigenvalue weighted by Gasteiger charge is 2.34. The van der Waals surface area contributed by atoms with Crippen LogP contribution in [0.4, 0.5) is 11.4 Å². The van der Waals surface area contributed by atoms with Crippen LogP contribution >= 0.6 is 39.3 Å². The third kappa shape index (κ3) is 7.20. The van der Waals surface area contributed by atoms with Crippen molar-refractivity contribution < 1.29 is 19.2 Å². The fraction of sp³-hybridized carbons (Fsp3) is 0.214. The number of amidine groups is 1. The van der Waals surface area contributed by atoms with Crippen molar-refractivity contribution in [1.29, 1.82) is 0 Å². The summed E-state index contributed by atoms with van der Waals surface area (Å²) in [6.45, 7) is 4.74. The number of nitrogens with zero attached hydrogens (tertiary/aromatic N) is 3. The lowest BCUT2D eigenvalue weighted by molar-refractivity contribution is -0.384. The van der Waals surface area contributed by atoms with Crippen molar-refractivity contribution in [2.24, 2.45) is 10.9 Å². The van der Waals surface area contributed by atoms with Gasteiger partial charge in [0.25, 0.3) is 11.6 Å². The number of hydrogen-bond acceptors (Lipinski definition) is 7. The first-order valence-corrected chi connectivity index (χ1v) is 13.9. The zero-order chi connectivity index (χ0) is 28.1. The zero-order valence-electron chi connectivity index (χ0n) is 21.4. The number of nitro benzene ring substituents is 1. The number of carbonyl (C=O) groups excluding carboxylic acids is 1. The average Bonchev–Trinajstić information content (AvgIpc) is 3.17. The van der Waals surface area contributed by atoms with Gasteiger partial charge >= 0.3 is 0 Å². The number of non-ortho nitro benzene ring substituents is 1. The Morgan fingerprint density at radius 3 is 2.59 bits per heavy atom. The summed E-state index contributed by atoms with van der Waals surface area (Å²) in [5.74, 6) is 1.03. The second-order valence-corrected chi connectivity index (χ2v) is 11.3. The standard InChI is InChI=1S/C28H25BrClN3O5S/c1-17(2)15-32-27(34)25(39-28(32)31-21-9-7-20(30)8-10-21)14-19-12-23(29)26(24(13-19)37-3)38-16-18-5-4-6-22(11-18)33(35)36/h4-14,17H,15-16H2,1-3H3/b25-14-,31-28?. The number of halogens is 2. The molecule has 1 aliphatic rings. The highest BCUT2D eigenvalue weighted by molar-refractivity contribution is 9.10. The molecule has 1 amide bonds. The van der Waals surface area contributed by atoms with Crippen molar-refractivity contribution in [1.82, 2.24) is 4.90 Å². The smallest absolute Gasteiger partial charge is 0.269 e. The Hall–Kier alpha value is -3.34. The van der Waals surface area contributed by atoms with Crippen LogP contribution in [0.25, 0.3) is 6.08 Å². The first-order valence-electron chi connectivity index (χ1n) is 11.9. The molecule has 0 aromatic heterocycles. The minimum Gasteiger partial charge on any atom is -0.493 e. The lowest BCUT2D eigenvalue weighted by Gasteiger charge is -2.17. The Bertz CT molecular complexity index is 1460. The minimum absolute atomic E-state index is 0.00619. The molecule has 0 radical (unpaired) electrons. The fourth-order valence-corrected chi connectivity index (χ4v) is 5.48. The van der Waals surface area contributed by atoms with Crippen LogP contribution in [0.1, 0.15) is 25.0 Å². The highest BCUT2D eigenvalue weighted by atomic mass is 79.9. The number of carbonyl (C=O) groups is 1. The Morgan fingerprint density at radius 2 is 1.92 bits per heavy atom. The van der Waals surface area contributed by atoms with Gasteiger partial charge in [0.1, 0.15) is 6.61 Å². The van der Waals surface area contributed by atoms with E-state index in [2.05, 4.69) is 15.9 Å².